The standard InChI is InChI=1S/C21H26F3N5O2S/c1-26-9-11-27(12-10-26)17-4-6-18(7-5-17)32(30,31)29-15-13-28(14-16-29)20-19(21(22,23)24)3-2-8-25-20/h2-8H,9-16H2,1H3. The zero-order valence-corrected chi connectivity index (χ0v) is 18.6. The third kappa shape index (κ3) is 4.69. The number of alkyl halides is 3. The molecule has 4 rings (SSSR count). The van der Waals surface area contributed by atoms with Crippen LogP contribution in [0.2, 0.25) is 0 Å². The maximum atomic E-state index is 13.3. The lowest BCUT2D eigenvalue weighted by molar-refractivity contribution is -0.137. The van der Waals surface area contributed by atoms with Crippen LogP contribution in [0.1, 0.15) is 5.56 Å². The van der Waals surface area contributed by atoms with Crippen molar-refractivity contribution in [2.75, 3.05) is 69.2 Å². The van der Waals surface area contributed by atoms with E-state index in [1.807, 2.05) is 12.1 Å². The number of nitrogens with zero attached hydrogens (tertiary/aromatic N) is 5. The van der Waals surface area contributed by atoms with Crippen molar-refractivity contribution in [3.63, 3.8) is 0 Å². The molecule has 0 N–H and O–H groups in total. The molecule has 11 heteroatoms. The third-order valence-corrected chi connectivity index (χ3v) is 7.89. The quantitative estimate of drug-likeness (QED) is 0.685. The van der Waals surface area contributed by atoms with Crippen molar-refractivity contribution in [1.82, 2.24) is 14.2 Å². The van der Waals surface area contributed by atoms with E-state index in [0.717, 1.165) is 37.9 Å². The molecule has 0 aliphatic carbocycles. The summed E-state index contributed by atoms with van der Waals surface area (Å²) in [5.74, 6) is -0.159. The first-order valence-corrected chi connectivity index (χ1v) is 11.9. The highest BCUT2D eigenvalue weighted by atomic mass is 32.2. The van der Waals surface area contributed by atoms with Gasteiger partial charge in [-0.25, -0.2) is 13.4 Å². The molecule has 2 saturated heterocycles. The van der Waals surface area contributed by atoms with Crippen molar-refractivity contribution < 1.29 is 21.6 Å². The number of anilines is 2. The monoisotopic (exact) mass is 469 g/mol. The van der Waals surface area contributed by atoms with Gasteiger partial charge in [0.15, 0.2) is 0 Å². The Morgan fingerprint density at radius 3 is 2.03 bits per heavy atom. The number of halogens is 3. The first-order chi connectivity index (χ1) is 15.2. The van der Waals surface area contributed by atoms with E-state index in [4.69, 9.17) is 0 Å². The lowest BCUT2D eigenvalue weighted by Gasteiger charge is -2.36. The fourth-order valence-corrected chi connectivity index (χ4v) is 5.48. The van der Waals surface area contributed by atoms with Crippen LogP contribution < -0.4 is 9.80 Å². The average molecular weight is 470 g/mol. The van der Waals surface area contributed by atoms with E-state index in [2.05, 4.69) is 21.8 Å². The summed E-state index contributed by atoms with van der Waals surface area (Å²) in [6, 6.07) is 9.09. The number of rotatable bonds is 4. The lowest BCUT2D eigenvalue weighted by atomic mass is 10.2. The summed E-state index contributed by atoms with van der Waals surface area (Å²) in [7, 11) is -1.65. The van der Waals surface area contributed by atoms with Crippen molar-refractivity contribution in [1.29, 1.82) is 0 Å². The first kappa shape index (κ1) is 22.8. The molecular formula is C21H26F3N5O2S. The van der Waals surface area contributed by atoms with Crippen LogP contribution in [0.25, 0.3) is 0 Å². The predicted octanol–water partition coefficient (Wildman–Crippen LogP) is 2.36. The SMILES string of the molecule is CN1CCN(c2ccc(S(=O)(=O)N3CCN(c4ncccc4C(F)(F)F)CC3)cc2)CC1. The summed E-state index contributed by atoms with van der Waals surface area (Å²) in [4.78, 5) is 10.1. The fourth-order valence-electron chi connectivity index (χ4n) is 4.05. The molecule has 1 aromatic carbocycles. The van der Waals surface area contributed by atoms with Crippen LogP contribution in [0.4, 0.5) is 24.7 Å². The van der Waals surface area contributed by atoms with Crippen molar-refractivity contribution in [3.8, 4) is 0 Å². The van der Waals surface area contributed by atoms with Gasteiger partial charge in [0.1, 0.15) is 5.82 Å². The van der Waals surface area contributed by atoms with E-state index in [9.17, 15) is 21.6 Å². The highest BCUT2D eigenvalue weighted by Crippen LogP contribution is 2.35. The van der Waals surface area contributed by atoms with Crippen LogP contribution in [0.5, 0.6) is 0 Å². The normalized spacial score (nSPS) is 19.4. The minimum absolute atomic E-state index is 0.0937. The molecule has 2 aliphatic rings. The number of hydrogen-bond acceptors (Lipinski definition) is 6. The Balaban J connectivity index is 1.43. The molecule has 2 aliphatic heterocycles. The zero-order chi connectivity index (χ0) is 22.9. The first-order valence-electron chi connectivity index (χ1n) is 10.5. The van der Waals surface area contributed by atoms with Gasteiger partial charge in [0.25, 0.3) is 0 Å². The molecule has 0 unspecified atom stereocenters. The summed E-state index contributed by atoms with van der Waals surface area (Å²) in [6.07, 6.45) is -3.20. The van der Waals surface area contributed by atoms with Gasteiger partial charge in [-0.05, 0) is 43.4 Å². The number of sulfonamides is 1. The van der Waals surface area contributed by atoms with Crippen molar-refractivity contribution in [3.05, 3.63) is 48.2 Å². The lowest BCUT2D eigenvalue weighted by Crippen LogP contribution is -2.49. The van der Waals surface area contributed by atoms with E-state index < -0.39 is 21.8 Å². The van der Waals surface area contributed by atoms with E-state index in [1.165, 1.54) is 21.5 Å². The fraction of sp³-hybridized carbons (Fsp3) is 0.476. The summed E-state index contributed by atoms with van der Waals surface area (Å²) in [5, 5.41) is 0. The number of likely N-dealkylation sites (N-methyl/N-ethyl adjacent to an activating group) is 1. The molecule has 0 amide bonds. The molecule has 2 fully saturated rings. The molecular weight excluding hydrogens is 443 g/mol. The number of benzene rings is 1. The van der Waals surface area contributed by atoms with Gasteiger partial charge in [-0.15, -0.1) is 0 Å². The molecule has 0 saturated carbocycles. The Bertz CT molecular complexity index is 1030. The number of pyridine rings is 1. The molecule has 0 atom stereocenters. The van der Waals surface area contributed by atoms with Gasteiger partial charge < -0.3 is 14.7 Å². The second-order valence-electron chi connectivity index (χ2n) is 8.05. The third-order valence-electron chi connectivity index (χ3n) is 5.97. The van der Waals surface area contributed by atoms with Gasteiger partial charge in [0.2, 0.25) is 10.0 Å². The minimum Gasteiger partial charge on any atom is -0.369 e. The molecule has 3 heterocycles. The van der Waals surface area contributed by atoms with Gasteiger partial charge in [0, 0.05) is 64.2 Å². The minimum atomic E-state index is -4.52. The molecule has 0 radical (unpaired) electrons. The van der Waals surface area contributed by atoms with Gasteiger partial charge in [0.05, 0.1) is 10.5 Å². The summed E-state index contributed by atoms with van der Waals surface area (Å²) < 4.78 is 67.4. The second-order valence-corrected chi connectivity index (χ2v) is 9.99. The van der Waals surface area contributed by atoms with Crippen LogP contribution in [-0.4, -0.2) is 82.0 Å². The van der Waals surface area contributed by atoms with Crippen molar-refractivity contribution in [2.24, 2.45) is 0 Å². The Labute approximate surface area is 186 Å². The molecule has 7 nitrogen and oxygen atoms in total. The van der Waals surface area contributed by atoms with Crippen molar-refractivity contribution in [2.45, 2.75) is 11.1 Å². The predicted molar refractivity (Wildman–Crippen MR) is 116 cm³/mol. The molecule has 0 spiro atoms. The van der Waals surface area contributed by atoms with Crippen LogP contribution in [0.15, 0.2) is 47.5 Å². The van der Waals surface area contributed by atoms with E-state index >= 15 is 0 Å². The topological polar surface area (TPSA) is 60.0 Å². The van der Waals surface area contributed by atoms with Crippen LogP contribution in [0.3, 0.4) is 0 Å². The summed E-state index contributed by atoms with van der Waals surface area (Å²) in [5.41, 5.74) is 0.174. The largest absolute Gasteiger partial charge is 0.419 e. The molecule has 0 bridgehead atoms. The van der Waals surface area contributed by atoms with Crippen LogP contribution >= 0.6 is 0 Å². The maximum Gasteiger partial charge on any atom is 0.419 e. The van der Waals surface area contributed by atoms with Gasteiger partial charge in [-0.1, -0.05) is 0 Å². The molecule has 174 valence electrons. The molecule has 2 aromatic rings. The summed E-state index contributed by atoms with van der Waals surface area (Å²) >= 11 is 0. The Hall–Kier alpha value is -2.37. The van der Waals surface area contributed by atoms with E-state index in [0.29, 0.717) is 0 Å². The Kier molecular flexibility index (Phi) is 6.33. The average Bonchev–Trinajstić information content (AvgIpc) is 2.79. The Morgan fingerprint density at radius 2 is 1.44 bits per heavy atom. The smallest absolute Gasteiger partial charge is 0.369 e. The number of hydrogen-bond donors (Lipinski definition) is 0. The van der Waals surface area contributed by atoms with Crippen molar-refractivity contribution >= 4 is 21.5 Å². The van der Waals surface area contributed by atoms with E-state index in [1.54, 1.807) is 12.1 Å². The maximum absolute atomic E-state index is 13.3. The van der Waals surface area contributed by atoms with Gasteiger partial charge in [-0.3, -0.25) is 0 Å². The highest BCUT2D eigenvalue weighted by Gasteiger charge is 2.37. The zero-order valence-electron chi connectivity index (χ0n) is 17.8. The Morgan fingerprint density at radius 1 is 0.844 bits per heavy atom. The highest BCUT2D eigenvalue weighted by molar-refractivity contribution is 7.89. The van der Waals surface area contributed by atoms with Crippen LogP contribution in [-0.2, 0) is 16.2 Å². The van der Waals surface area contributed by atoms with E-state index in [-0.39, 0.29) is 36.9 Å². The molecule has 1 aromatic heterocycles. The number of piperazine rings is 2. The van der Waals surface area contributed by atoms with Crippen LogP contribution in [0, 0.1) is 0 Å². The summed E-state index contributed by atoms with van der Waals surface area (Å²) in [6.45, 7) is 4.15. The molecule has 32 heavy (non-hydrogen) atoms. The van der Waals surface area contributed by atoms with Gasteiger partial charge in [-0.2, -0.15) is 17.5 Å². The van der Waals surface area contributed by atoms with Gasteiger partial charge >= 0.3 is 6.18 Å². The number of aromatic nitrogens is 1. The second kappa shape index (κ2) is 8.87.